The molecule has 0 aliphatic carbocycles. The molecular formula is C37H34N6Si. The van der Waals surface area contributed by atoms with E-state index in [1.54, 1.807) is 0 Å². The predicted octanol–water partition coefficient (Wildman–Crippen LogP) is 5.72. The average Bonchev–Trinajstić information content (AvgIpc) is 3.75. The normalized spacial score (nSPS) is 14.7. The number of nitrogens with zero attached hydrogens (tertiary/aromatic N) is 6. The van der Waals surface area contributed by atoms with Crippen molar-refractivity contribution in [2.75, 3.05) is 18.6 Å². The Balaban J connectivity index is 1.43. The molecule has 0 saturated heterocycles. The lowest BCUT2D eigenvalue weighted by molar-refractivity contribution is 0.496. The highest BCUT2D eigenvalue weighted by molar-refractivity contribution is 7.10. The summed E-state index contributed by atoms with van der Waals surface area (Å²) in [5, 5.41) is 4.12. The summed E-state index contributed by atoms with van der Waals surface area (Å²) < 4.78 is 4.57. The predicted molar refractivity (Wildman–Crippen MR) is 184 cm³/mol. The number of para-hydroxylation sites is 1. The highest BCUT2D eigenvalue weighted by Crippen LogP contribution is 2.32. The van der Waals surface area contributed by atoms with Gasteiger partial charge in [-0.25, -0.2) is 9.97 Å². The SMILES string of the molecule is Cc1cccc2c1nc1n(-c3ccccn3)c3cc([Si](C)(c4ccccc4)c4cccc(N5C=CN(C)C5)c4)cc(C)c3n21. The van der Waals surface area contributed by atoms with Crippen LogP contribution in [0.2, 0.25) is 6.55 Å². The molecule has 0 radical (unpaired) electrons. The fourth-order valence-electron chi connectivity index (χ4n) is 6.89. The number of hydrogen-bond donors (Lipinski definition) is 0. The maximum Gasteiger partial charge on any atom is 0.221 e. The van der Waals surface area contributed by atoms with Gasteiger partial charge in [-0.05, 0) is 76.9 Å². The summed E-state index contributed by atoms with van der Waals surface area (Å²) in [5.74, 6) is 1.75. The van der Waals surface area contributed by atoms with Crippen LogP contribution in [0.15, 0.2) is 122 Å². The van der Waals surface area contributed by atoms with Crippen molar-refractivity contribution in [1.82, 2.24) is 23.8 Å². The van der Waals surface area contributed by atoms with Crippen molar-refractivity contribution in [2.45, 2.75) is 20.4 Å². The zero-order valence-electron chi connectivity index (χ0n) is 25.4. The van der Waals surface area contributed by atoms with E-state index in [2.05, 4.69) is 150 Å². The van der Waals surface area contributed by atoms with Crippen molar-refractivity contribution in [2.24, 2.45) is 0 Å². The first kappa shape index (κ1) is 26.5. The van der Waals surface area contributed by atoms with Crippen molar-refractivity contribution in [1.29, 1.82) is 0 Å². The number of rotatable bonds is 5. The van der Waals surface area contributed by atoms with E-state index >= 15 is 0 Å². The van der Waals surface area contributed by atoms with Gasteiger partial charge in [-0.15, -0.1) is 0 Å². The van der Waals surface area contributed by atoms with E-state index in [1.165, 1.54) is 37.9 Å². The smallest absolute Gasteiger partial charge is 0.221 e. The lowest BCUT2D eigenvalue weighted by Crippen LogP contribution is -2.64. The van der Waals surface area contributed by atoms with Gasteiger partial charge in [-0.2, -0.15) is 0 Å². The van der Waals surface area contributed by atoms with E-state index in [4.69, 9.17) is 9.97 Å². The zero-order valence-corrected chi connectivity index (χ0v) is 26.4. The molecule has 8 rings (SSSR count). The minimum Gasteiger partial charge on any atom is -0.361 e. The molecular weight excluding hydrogens is 557 g/mol. The van der Waals surface area contributed by atoms with Gasteiger partial charge in [-0.1, -0.05) is 73.3 Å². The van der Waals surface area contributed by atoms with Crippen molar-refractivity contribution in [3.63, 3.8) is 0 Å². The Morgan fingerprint density at radius 1 is 0.705 bits per heavy atom. The van der Waals surface area contributed by atoms with E-state index in [0.29, 0.717) is 0 Å². The third-order valence-corrected chi connectivity index (χ3v) is 13.6. The van der Waals surface area contributed by atoms with Gasteiger partial charge in [0.15, 0.2) is 0 Å². The topological polar surface area (TPSA) is 41.6 Å². The monoisotopic (exact) mass is 590 g/mol. The van der Waals surface area contributed by atoms with Crippen LogP contribution < -0.4 is 20.5 Å². The standard InChI is InChI=1S/C37H34N6Si/c1-26-12-10-17-32-35(26)39-37-42(34-18-8-9-19-38-34)33-24-31(22-27(2)36(33)43(32)37)44(4,29-14-6-5-7-15-29)30-16-11-13-28(23-30)41-21-20-40(3)25-41/h5-24H,25H2,1-4H3. The Labute approximate surface area is 258 Å². The number of pyridine rings is 1. The quantitative estimate of drug-likeness (QED) is 0.190. The molecule has 0 fully saturated rings. The Kier molecular flexibility index (Phi) is 5.99. The summed E-state index contributed by atoms with van der Waals surface area (Å²) in [6.45, 7) is 7.72. The maximum absolute atomic E-state index is 5.22. The summed E-state index contributed by atoms with van der Waals surface area (Å²) in [7, 11) is -0.358. The minimum absolute atomic E-state index is 0.850. The van der Waals surface area contributed by atoms with Crippen LogP contribution in [0.25, 0.3) is 33.7 Å². The largest absolute Gasteiger partial charge is 0.361 e. The van der Waals surface area contributed by atoms with Gasteiger partial charge in [0.1, 0.15) is 13.9 Å². The highest BCUT2D eigenvalue weighted by atomic mass is 28.3. The van der Waals surface area contributed by atoms with Crippen LogP contribution >= 0.6 is 0 Å². The maximum atomic E-state index is 5.22. The molecule has 1 atom stereocenters. The number of hydrogen-bond acceptors (Lipinski definition) is 4. The Hall–Kier alpha value is -5.14. The Morgan fingerprint density at radius 2 is 1.50 bits per heavy atom. The van der Waals surface area contributed by atoms with E-state index in [0.717, 1.165) is 34.8 Å². The molecule has 0 N–H and O–H groups in total. The third-order valence-electron chi connectivity index (χ3n) is 9.25. The number of aryl methyl sites for hydroxylation is 2. The van der Waals surface area contributed by atoms with Gasteiger partial charge in [0.25, 0.3) is 0 Å². The number of aromatic nitrogens is 4. The van der Waals surface area contributed by atoms with Crippen molar-refractivity contribution >= 4 is 57.2 Å². The van der Waals surface area contributed by atoms with Gasteiger partial charge in [-0.3, -0.25) is 8.97 Å². The van der Waals surface area contributed by atoms with Crippen LogP contribution in [0, 0.1) is 13.8 Å². The first-order valence-corrected chi connectivity index (χ1v) is 17.6. The van der Waals surface area contributed by atoms with Gasteiger partial charge in [0.2, 0.25) is 5.78 Å². The lowest BCUT2D eigenvalue weighted by atomic mass is 10.2. The molecule has 3 aromatic heterocycles. The molecule has 1 unspecified atom stereocenters. The zero-order chi connectivity index (χ0) is 30.0. The third kappa shape index (κ3) is 3.93. The Bertz CT molecular complexity index is 2220. The van der Waals surface area contributed by atoms with Crippen molar-refractivity contribution in [3.05, 3.63) is 133 Å². The Morgan fingerprint density at radius 3 is 2.27 bits per heavy atom. The van der Waals surface area contributed by atoms with Gasteiger partial charge < -0.3 is 9.80 Å². The van der Waals surface area contributed by atoms with Gasteiger partial charge in [0.05, 0.1) is 28.7 Å². The lowest BCUT2D eigenvalue weighted by Gasteiger charge is -2.31. The van der Waals surface area contributed by atoms with Crippen LogP contribution in [-0.4, -0.2) is 45.6 Å². The average molecular weight is 591 g/mol. The number of anilines is 1. The summed E-state index contributed by atoms with van der Waals surface area (Å²) >= 11 is 0. The van der Waals surface area contributed by atoms with E-state index in [-0.39, 0.29) is 0 Å². The molecule has 6 nitrogen and oxygen atoms in total. The van der Waals surface area contributed by atoms with E-state index in [1.807, 2.05) is 18.3 Å². The second-order valence-corrected chi connectivity index (χ2v) is 16.1. The first-order valence-electron chi connectivity index (χ1n) is 15.1. The molecule has 0 saturated carbocycles. The molecule has 7 heteroatoms. The summed E-state index contributed by atoms with van der Waals surface area (Å²) in [6, 6.07) is 37.6. The van der Waals surface area contributed by atoms with Gasteiger partial charge >= 0.3 is 0 Å². The molecule has 4 aromatic carbocycles. The second-order valence-electron chi connectivity index (χ2n) is 12.1. The van der Waals surface area contributed by atoms with Crippen LogP contribution in [0.1, 0.15) is 11.1 Å². The number of fused-ring (bicyclic) bond motifs is 5. The summed E-state index contributed by atoms with van der Waals surface area (Å²) in [4.78, 5) is 14.6. The number of benzene rings is 4. The second kappa shape index (κ2) is 9.96. The van der Waals surface area contributed by atoms with Gasteiger partial charge in [0, 0.05) is 31.3 Å². The van der Waals surface area contributed by atoms with E-state index in [9.17, 15) is 0 Å². The summed E-state index contributed by atoms with van der Waals surface area (Å²) in [5.41, 5.74) is 8.06. The van der Waals surface area contributed by atoms with Crippen LogP contribution in [0.5, 0.6) is 0 Å². The molecule has 1 aliphatic rings. The molecule has 0 bridgehead atoms. The fourth-order valence-corrected chi connectivity index (χ4v) is 10.5. The fraction of sp³-hybridized carbons (Fsp3) is 0.135. The summed E-state index contributed by atoms with van der Waals surface area (Å²) in [6.07, 6.45) is 6.16. The molecule has 1 aliphatic heterocycles. The molecule has 216 valence electrons. The first-order chi connectivity index (χ1) is 21.4. The van der Waals surface area contributed by atoms with Crippen LogP contribution in [0.4, 0.5) is 5.69 Å². The van der Waals surface area contributed by atoms with E-state index < -0.39 is 8.07 Å². The molecule has 0 amide bonds. The molecule has 4 heterocycles. The molecule has 44 heavy (non-hydrogen) atoms. The van der Waals surface area contributed by atoms with Crippen LogP contribution in [0.3, 0.4) is 0 Å². The van der Waals surface area contributed by atoms with Crippen molar-refractivity contribution in [3.8, 4) is 5.82 Å². The minimum atomic E-state index is -2.47. The van der Waals surface area contributed by atoms with Crippen molar-refractivity contribution < 1.29 is 0 Å². The highest BCUT2D eigenvalue weighted by Gasteiger charge is 2.36. The van der Waals surface area contributed by atoms with Crippen LogP contribution in [-0.2, 0) is 0 Å². The molecule has 7 aromatic rings. The molecule has 0 spiro atoms. The number of imidazole rings is 2.